The van der Waals surface area contributed by atoms with E-state index in [0.717, 1.165) is 25.7 Å². The van der Waals surface area contributed by atoms with E-state index >= 15 is 0 Å². The lowest BCUT2D eigenvalue weighted by atomic mass is 9.69. The van der Waals surface area contributed by atoms with Crippen LogP contribution in [0.1, 0.15) is 52.5 Å². The fourth-order valence-electron chi connectivity index (χ4n) is 3.49. The van der Waals surface area contributed by atoms with Crippen LogP contribution >= 0.6 is 0 Å². The molecule has 1 aliphatic heterocycles. The minimum Gasteiger partial charge on any atom is -0.393 e. The highest BCUT2D eigenvalue weighted by Crippen LogP contribution is 2.37. The van der Waals surface area contributed by atoms with Crippen LogP contribution in [0.25, 0.3) is 0 Å². The summed E-state index contributed by atoms with van der Waals surface area (Å²) in [6.45, 7) is 8.89. The van der Waals surface area contributed by atoms with E-state index in [-0.39, 0.29) is 23.1 Å². The normalized spacial score (nSPS) is 37.9. The molecule has 112 valence electrons. The Balaban J connectivity index is 2.10. The third kappa shape index (κ3) is 3.24. The fourth-order valence-corrected chi connectivity index (χ4v) is 3.49. The summed E-state index contributed by atoms with van der Waals surface area (Å²) >= 11 is 0. The van der Waals surface area contributed by atoms with Crippen molar-refractivity contribution in [2.75, 3.05) is 0 Å². The van der Waals surface area contributed by atoms with E-state index in [4.69, 9.17) is 0 Å². The molecule has 1 aromatic rings. The molecule has 1 aliphatic rings. The van der Waals surface area contributed by atoms with E-state index in [0.29, 0.717) is 0 Å². The Hall–Kier alpha value is -0.860. The molecule has 0 spiro atoms. The van der Waals surface area contributed by atoms with E-state index in [1.54, 1.807) is 0 Å². The van der Waals surface area contributed by atoms with Crippen molar-refractivity contribution in [2.24, 2.45) is 5.92 Å². The lowest BCUT2D eigenvalue weighted by Crippen LogP contribution is -2.66. The standard InChI is InChI=1S/C18H29NO/c1-5-17(3)13-16(20)14(2)18(4,19-17)12-11-15-9-7-6-8-10-15/h6-10,14,16,19-20H,5,11-13H2,1-4H3. The van der Waals surface area contributed by atoms with Gasteiger partial charge in [-0.25, -0.2) is 0 Å². The summed E-state index contributed by atoms with van der Waals surface area (Å²) in [5.41, 5.74) is 1.43. The predicted octanol–water partition coefficient (Wildman–Crippen LogP) is 3.54. The molecule has 20 heavy (non-hydrogen) atoms. The molecule has 1 fully saturated rings. The van der Waals surface area contributed by atoms with Crippen LogP contribution in [0.2, 0.25) is 0 Å². The van der Waals surface area contributed by atoms with Crippen LogP contribution in [-0.4, -0.2) is 22.3 Å². The fraction of sp³-hybridized carbons (Fsp3) is 0.667. The van der Waals surface area contributed by atoms with Gasteiger partial charge >= 0.3 is 0 Å². The number of hydrogen-bond acceptors (Lipinski definition) is 2. The van der Waals surface area contributed by atoms with Gasteiger partial charge in [0.2, 0.25) is 0 Å². The van der Waals surface area contributed by atoms with Crippen molar-refractivity contribution in [3.05, 3.63) is 35.9 Å². The first-order valence-corrected chi connectivity index (χ1v) is 7.90. The van der Waals surface area contributed by atoms with Gasteiger partial charge in [0.25, 0.3) is 0 Å². The Morgan fingerprint density at radius 1 is 1.25 bits per heavy atom. The summed E-state index contributed by atoms with van der Waals surface area (Å²) in [6.07, 6.45) is 3.82. The zero-order valence-corrected chi connectivity index (χ0v) is 13.3. The Morgan fingerprint density at radius 2 is 1.90 bits per heavy atom. The van der Waals surface area contributed by atoms with E-state index in [1.807, 2.05) is 0 Å². The highest BCUT2D eigenvalue weighted by molar-refractivity contribution is 5.16. The van der Waals surface area contributed by atoms with Crippen molar-refractivity contribution in [2.45, 2.75) is 70.6 Å². The first-order valence-electron chi connectivity index (χ1n) is 7.90. The molecule has 0 amide bonds. The number of hydrogen-bond donors (Lipinski definition) is 2. The minimum absolute atomic E-state index is 0.00172. The van der Waals surface area contributed by atoms with Gasteiger partial charge in [-0.3, -0.25) is 0 Å². The molecule has 0 aromatic heterocycles. The van der Waals surface area contributed by atoms with Gasteiger partial charge in [0.05, 0.1) is 6.10 Å². The maximum Gasteiger partial charge on any atom is 0.0600 e. The Labute approximate surface area is 123 Å². The number of benzene rings is 1. The van der Waals surface area contributed by atoms with E-state index in [1.165, 1.54) is 5.56 Å². The minimum atomic E-state index is -0.207. The van der Waals surface area contributed by atoms with Crippen molar-refractivity contribution >= 4 is 0 Å². The first-order chi connectivity index (χ1) is 9.38. The Kier molecular flexibility index (Phi) is 4.55. The van der Waals surface area contributed by atoms with Crippen molar-refractivity contribution in [1.29, 1.82) is 0 Å². The summed E-state index contributed by atoms with van der Waals surface area (Å²) in [6, 6.07) is 10.6. The summed E-state index contributed by atoms with van der Waals surface area (Å²) in [5, 5.41) is 14.3. The molecule has 4 unspecified atom stereocenters. The highest BCUT2D eigenvalue weighted by atomic mass is 16.3. The summed E-state index contributed by atoms with van der Waals surface area (Å²) in [5.74, 6) is 0.283. The van der Waals surface area contributed by atoms with Gasteiger partial charge in [-0.2, -0.15) is 0 Å². The summed E-state index contributed by atoms with van der Waals surface area (Å²) in [4.78, 5) is 0. The maximum absolute atomic E-state index is 10.4. The van der Waals surface area contributed by atoms with Gasteiger partial charge in [-0.15, -0.1) is 0 Å². The monoisotopic (exact) mass is 275 g/mol. The number of aryl methyl sites for hydroxylation is 1. The van der Waals surface area contributed by atoms with Gasteiger partial charge in [-0.05, 0) is 45.1 Å². The van der Waals surface area contributed by atoms with Crippen LogP contribution in [0.15, 0.2) is 30.3 Å². The second-order valence-electron chi connectivity index (χ2n) is 7.00. The zero-order valence-electron chi connectivity index (χ0n) is 13.3. The number of piperidine rings is 1. The van der Waals surface area contributed by atoms with E-state index in [9.17, 15) is 5.11 Å². The Bertz CT molecular complexity index is 432. The molecule has 2 nitrogen and oxygen atoms in total. The van der Waals surface area contributed by atoms with Gasteiger partial charge in [0.15, 0.2) is 0 Å². The number of rotatable bonds is 4. The molecule has 0 saturated carbocycles. The van der Waals surface area contributed by atoms with Crippen LogP contribution in [0.4, 0.5) is 0 Å². The van der Waals surface area contributed by atoms with Crippen LogP contribution < -0.4 is 5.32 Å². The van der Waals surface area contributed by atoms with Crippen LogP contribution in [-0.2, 0) is 6.42 Å². The highest BCUT2D eigenvalue weighted by Gasteiger charge is 2.46. The van der Waals surface area contributed by atoms with Gasteiger partial charge in [0.1, 0.15) is 0 Å². The smallest absolute Gasteiger partial charge is 0.0600 e. The van der Waals surface area contributed by atoms with Crippen molar-refractivity contribution in [3.8, 4) is 0 Å². The van der Waals surface area contributed by atoms with Crippen LogP contribution in [0.3, 0.4) is 0 Å². The SMILES string of the molecule is CCC1(C)CC(O)C(C)C(C)(CCc2ccccc2)N1. The van der Waals surface area contributed by atoms with Crippen molar-refractivity contribution < 1.29 is 5.11 Å². The van der Waals surface area contributed by atoms with Gasteiger partial charge in [-0.1, -0.05) is 44.2 Å². The molecule has 0 bridgehead atoms. The van der Waals surface area contributed by atoms with Gasteiger partial charge in [0, 0.05) is 17.0 Å². The maximum atomic E-state index is 10.4. The second-order valence-corrected chi connectivity index (χ2v) is 7.00. The topological polar surface area (TPSA) is 32.3 Å². The average molecular weight is 275 g/mol. The molecule has 1 aromatic carbocycles. The first kappa shape index (κ1) is 15.5. The van der Waals surface area contributed by atoms with Gasteiger partial charge < -0.3 is 10.4 Å². The molecular formula is C18H29NO. The molecule has 1 heterocycles. The Morgan fingerprint density at radius 3 is 2.50 bits per heavy atom. The molecule has 0 aliphatic carbocycles. The summed E-state index contributed by atoms with van der Waals surface area (Å²) < 4.78 is 0. The van der Waals surface area contributed by atoms with Crippen LogP contribution in [0.5, 0.6) is 0 Å². The van der Waals surface area contributed by atoms with Crippen LogP contribution in [0, 0.1) is 5.92 Å². The number of aliphatic hydroxyl groups excluding tert-OH is 1. The zero-order chi connectivity index (χ0) is 14.8. The van der Waals surface area contributed by atoms with Crippen molar-refractivity contribution in [3.63, 3.8) is 0 Å². The molecule has 0 radical (unpaired) electrons. The molecule has 2 heteroatoms. The molecule has 4 atom stereocenters. The molecule has 1 saturated heterocycles. The van der Waals surface area contributed by atoms with E-state index < -0.39 is 0 Å². The summed E-state index contributed by atoms with van der Waals surface area (Å²) in [7, 11) is 0. The molecule has 2 rings (SSSR count). The predicted molar refractivity (Wildman–Crippen MR) is 84.8 cm³/mol. The molecular weight excluding hydrogens is 246 g/mol. The molecule has 2 N–H and O–H groups in total. The number of nitrogens with one attached hydrogen (secondary N) is 1. The quantitative estimate of drug-likeness (QED) is 0.881. The average Bonchev–Trinajstić information content (AvgIpc) is 2.44. The van der Waals surface area contributed by atoms with E-state index in [2.05, 4.69) is 63.3 Å². The van der Waals surface area contributed by atoms with Crippen molar-refractivity contribution in [1.82, 2.24) is 5.32 Å². The largest absolute Gasteiger partial charge is 0.393 e. The lowest BCUT2D eigenvalue weighted by molar-refractivity contribution is -0.0294. The lowest BCUT2D eigenvalue weighted by Gasteiger charge is -2.52. The third-order valence-corrected chi connectivity index (χ3v) is 5.39. The number of aliphatic hydroxyl groups is 1. The third-order valence-electron chi connectivity index (χ3n) is 5.39. The second kappa shape index (κ2) is 5.87.